The van der Waals surface area contributed by atoms with Gasteiger partial charge in [-0.3, -0.25) is 4.90 Å². The van der Waals surface area contributed by atoms with Crippen LogP contribution in [0.3, 0.4) is 0 Å². The zero-order chi connectivity index (χ0) is 31.4. The van der Waals surface area contributed by atoms with Gasteiger partial charge in [0.05, 0.1) is 13.2 Å². The normalized spacial score (nSPS) is 12.9. The molecule has 0 heterocycles. The molecule has 2 rings (SSSR count). The fourth-order valence-corrected chi connectivity index (χ4v) is 5.41. The first kappa shape index (κ1) is 36.3. The maximum atomic E-state index is 13.7. The Morgan fingerprint density at radius 2 is 1.16 bits per heavy atom. The van der Waals surface area contributed by atoms with Gasteiger partial charge in [-0.05, 0) is 38.3 Å². The van der Waals surface area contributed by atoms with Crippen LogP contribution in [0.4, 0.5) is 4.79 Å². The molecule has 0 saturated carbocycles. The first-order valence-electron chi connectivity index (χ1n) is 16.6. The minimum atomic E-state index is -1.62. The van der Waals surface area contributed by atoms with Crippen molar-refractivity contribution in [3.05, 3.63) is 71.8 Å². The van der Waals surface area contributed by atoms with Crippen molar-refractivity contribution in [2.75, 3.05) is 13.2 Å². The zero-order valence-corrected chi connectivity index (χ0v) is 27.3. The fourth-order valence-electron chi connectivity index (χ4n) is 5.41. The quantitative estimate of drug-likeness (QED) is 0.137. The highest BCUT2D eigenvalue weighted by Crippen LogP contribution is 2.27. The summed E-state index contributed by atoms with van der Waals surface area (Å²) in [6.07, 6.45) is 15.2. The lowest BCUT2D eigenvalue weighted by Crippen LogP contribution is -2.62. The molecule has 0 aromatic heterocycles. The summed E-state index contributed by atoms with van der Waals surface area (Å²) < 4.78 is 11.9. The number of carboxylic acid groups (broad SMARTS) is 1. The maximum absolute atomic E-state index is 13.7. The van der Waals surface area contributed by atoms with Crippen LogP contribution >= 0.6 is 0 Å². The van der Waals surface area contributed by atoms with Crippen LogP contribution in [-0.4, -0.2) is 46.4 Å². The second-order valence-corrected chi connectivity index (χ2v) is 12.9. The van der Waals surface area contributed by atoms with Crippen molar-refractivity contribution in [3.63, 3.8) is 0 Å². The van der Waals surface area contributed by atoms with Crippen LogP contribution in [0.25, 0.3) is 0 Å². The highest BCUT2D eigenvalue weighted by Gasteiger charge is 2.48. The molecule has 0 radical (unpaired) electrons. The molecule has 1 amide bonds. The summed E-state index contributed by atoms with van der Waals surface area (Å²) in [6.45, 7) is 8.07. The number of carboxylic acids is 1. The monoisotopic (exact) mass is 595 g/mol. The van der Waals surface area contributed by atoms with Crippen molar-refractivity contribution < 1.29 is 24.2 Å². The molecule has 1 atom stereocenters. The van der Waals surface area contributed by atoms with Crippen LogP contribution in [0.15, 0.2) is 60.7 Å². The van der Waals surface area contributed by atoms with E-state index < -0.39 is 23.2 Å². The van der Waals surface area contributed by atoms with E-state index in [9.17, 15) is 14.7 Å². The lowest BCUT2D eigenvalue weighted by atomic mass is 9.89. The van der Waals surface area contributed by atoms with E-state index in [1.165, 1.54) is 62.7 Å². The zero-order valence-electron chi connectivity index (χ0n) is 27.3. The Hall–Kier alpha value is -2.86. The van der Waals surface area contributed by atoms with Crippen molar-refractivity contribution in [1.82, 2.24) is 4.90 Å². The van der Waals surface area contributed by atoms with Crippen LogP contribution in [0.2, 0.25) is 0 Å². The Bertz CT molecular complexity index is 1020. The van der Waals surface area contributed by atoms with Crippen LogP contribution in [0, 0.1) is 0 Å². The van der Waals surface area contributed by atoms with Gasteiger partial charge >= 0.3 is 12.1 Å². The number of nitrogens with zero attached hydrogens (tertiary/aromatic N) is 1. The second-order valence-electron chi connectivity index (χ2n) is 12.9. The van der Waals surface area contributed by atoms with Gasteiger partial charge in [0.1, 0.15) is 5.60 Å². The van der Waals surface area contributed by atoms with E-state index in [0.717, 1.165) is 30.4 Å². The Balaban J connectivity index is 2.07. The summed E-state index contributed by atoms with van der Waals surface area (Å²) in [7, 11) is 0. The van der Waals surface area contributed by atoms with E-state index >= 15 is 0 Å². The van der Waals surface area contributed by atoms with Gasteiger partial charge in [0.25, 0.3) is 0 Å². The first-order valence-corrected chi connectivity index (χ1v) is 16.6. The molecule has 0 fully saturated rings. The van der Waals surface area contributed by atoms with Crippen molar-refractivity contribution in [1.29, 1.82) is 0 Å². The summed E-state index contributed by atoms with van der Waals surface area (Å²) in [4.78, 5) is 28.3. The third-order valence-electron chi connectivity index (χ3n) is 7.81. The number of benzene rings is 2. The number of unbranched alkanes of at least 4 members (excludes halogenated alkanes) is 12. The third-order valence-corrected chi connectivity index (χ3v) is 7.81. The van der Waals surface area contributed by atoms with E-state index in [1.54, 1.807) is 20.8 Å². The number of hydrogen-bond acceptors (Lipinski definition) is 4. The lowest BCUT2D eigenvalue weighted by molar-refractivity contribution is -0.156. The Morgan fingerprint density at radius 3 is 1.63 bits per heavy atom. The molecule has 1 N–H and O–H groups in total. The molecule has 2 aromatic rings. The molecule has 43 heavy (non-hydrogen) atoms. The van der Waals surface area contributed by atoms with Gasteiger partial charge in [-0.1, -0.05) is 145 Å². The van der Waals surface area contributed by atoms with E-state index in [2.05, 4.69) is 6.92 Å². The summed E-state index contributed by atoms with van der Waals surface area (Å²) in [5.41, 5.74) is -0.600. The van der Waals surface area contributed by atoms with Crippen molar-refractivity contribution in [3.8, 4) is 0 Å². The Labute approximate surface area is 261 Å². The first-order chi connectivity index (χ1) is 20.7. The topological polar surface area (TPSA) is 76.1 Å². The summed E-state index contributed by atoms with van der Waals surface area (Å²) >= 11 is 0. The highest BCUT2D eigenvalue weighted by atomic mass is 16.6. The molecule has 6 heteroatoms. The Morgan fingerprint density at radius 1 is 0.698 bits per heavy atom. The number of rotatable bonds is 22. The van der Waals surface area contributed by atoms with Crippen LogP contribution < -0.4 is 0 Å². The minimum Gasteiger partial charge on any atom is -0.479 e. The van der Waals surface area contributed by atoms with Gasteiger partial charge in [0.15, 0.2) is 5.54 Å². The molecular formula is C37H57NO5. The van der Waals surface area contributed by atoms with Crippen molar-refractivity contribution >= 4 is 12.1 Å². The highest BCUT2D eigenvalue weighted by molar-refractivity contribution is 5.85. The molecule has 0 aliphatic carbocycles. The van der Waals surface area contributed by atoms with Gasteiger partial charge in [-0.2, -0.15) is 0 Å². The molecule has 0 unspecified atom stereocenters. The predicted molar refractivity (Wildman–Crippen MR) is 175 cm³/mol. The number of ether oxygens (including phenoxy) is 2. The fraction of sp³-hybridized carbons (Fsp3) is 0.622. The molecule has 0 aliphatic heterocycles. The summed E-state index contributed by atoms with van der Waals surface area (Å²) in [6, 6.07) is 19.1. The van der Waals surface area contributed by atoms with Crippen molar-refractivity contribution in [2.45, 2.75) is 135 Å². The van der Waals surface area contributed by atoms with Gasteiger partial charge < -0.3 is 14.6 Å². The van der Waals surface area contributed by atoms with E-state index in [-0.39, 0.29) is 19.6 Å². The molecule has 0 bridgehead atoms. The van der Waals surface area contributed by atoms with Crippen molar-refractivity contribution in [2.24, 2.45) is 0 Å². The number of carbonyl (C=O) groups excluding carboxylic acids is 1. The predicted octanol–water partition coefficient (Wildman–Crippen LogP) is 9.60. The average molecular weight is 596 g/mol. The third kappa shape index (κ3) is 14.4. The van der Waals surface area contributed by atoms with E-state index in [4.69, 9.17) is 9.47 Å². The lowest BCUT2D eigenvalue weighted by Gasteiger charge is -2.41. The smallest absolute Gasteiger partial charge is 0.411 e. The molecule has 0 spiro atoms. The summed E-state index contributed by atoms with van der Waals surface area (Å²) in [5, 5.41) is 10.8. The number of hydrogen-bond donors (Lipinski definition) is 1. The molecule has 240 valence electrons. The number of carbonyl (C=O) groups is 2. The molecule has 2 aromatic carbocycles. The maximum Gasteiger partial charge on any atom is 0.411 e. The summed E-state index contributed by atoms with van der Waals surface area (Å²) in [5.74, 6) is -1.09. The number of amides is 1. The standard InChI is InChI=1S/C37H57NO5/c1-5-6-7-8-9-10-11-12-13-14-15-16-23-28-38(35(41)43-36(2,3)4)37(34(39)40,29-32-24-19-17-20-25-32)31-42-30-33-26-21-18-22-27-33/h17-22,24-27H,5-16,23,28-31H2,1-4H3,(H,39,40)/t37-/m0/s1. The number of aliphatic carboxylic acids is 1. The SMILES string of the molecule is CCCCCCCCCCCCCCCN(C(=O)OC(C)(C)C)[C@](COCc1ccccc1)(Cc1ccccc1)C(=O)O. The van der Waals surface area contributed by atoms with Crippen LogP contribution in [0.5, 0.6) is 0 Å². The Kier molecular flexibility index (Phi) is 17.0. The molecule has 0 aliphatic rings. The van der Waals surface area contributed by atoms with Gasteiger partial charge in [0.2, 0.25) is 0 Å². The van der Waals surface area contributed by atoms with Gasteiger partial charge in [-0.25, -0.2) is 9.59 Å². The van der Waals surface area contributed by atoms with Crippen LogP contribution in [-0.2, 0) is 27.3 Å². The average Bonchev–Trinajstić information content (AvgIpc) is 2.97. The molecule has 6 nitrogen and oxygen atoms in total. The van der Waals surface area contributed by atoms with E-state index in [1.807, 2.05) is 60.7 Å². The van der Waals surface area contributed by atoms with E-state index in [0.29, 0.717) is 13.0 Å². The van der Waals surface area contributed by atoms with Crippen LogP contribution in [0.1, 0.15) is 122 Å². The van der Waals surface area contributed by atoms with Gasteiger partial charge in [-0.15, -0.1) is 0 Å². The minimum absolute atomic E-state index is 0.121. The second kappa shape index (κ2) is 20.2. The molecular weight excluding hydrogens is 538 g/mol. The molecule has 0 saturated heterocycles. The van der Waals surface area contributed by atoms with Gasteiger partial charge in [0, 0.05) is 13.0 Å². The largest absolute Gasteiger partial charge is 0.479 e.